The molecule has 9 heteroatoms. The van der Waals surface area contributed by atoms with E-state index in [2.05, 4.69) is 26.0 Å². The third-order valence-corrected chi connectivity index (χ3v) is 8.78. The van der Waals surface area contributed by atoms with Gasteiger partial charge in [0.05, 0.1) is 34.4 Å². The minimum absolute atomic E-state index is 0.0274. The number of phosphoric acid groups is 1. The highest BCUT2D eigenvalue weighted by molar-refractivity contribution is 7.45. The molecular formula is C36H72NO7P. The van der Waals surface area contributed by atoms with Gasteiger partial charge in [-0.2, -0.15) is 0 Å². The maximum absolute atomic E-state index is 12.5. The molecule has 0 N–H and O–H groups in total. The zero-order chi connectivity index (χ0) is 33.5. The van der Waals surface area contributed by atoms with E-state index in [1.165, 1.54) is 103 Å². The zero-order valence-electron chi connectivity index (χ0n) is 30.1. The fourth-order valence-corrected chi connectivity index (χ4v) is 5.62. The van der Waals surface area contributed by atoms with Crippen LogP contribution in [0.1, 0.15) is 155 Å². The molecule has 0 aliphatic rings. The van der Waals surface area contributed by atoms with Crippen LogP contribution in [0.15, 0.2) is 12.2 Å². The second kappa shape index (κ2) is 30.6. The van der Waals surface area contributed by atoms with Gasteiger partial charge in [0.15, 0.2) is 0 Å². The van der Waals surface area contributed by atoms with Gasteiger partial charge in [-0.05, 0) is 38.5 Å². The number of ether oxygens (including phenoxy) is 2. The molecule has 0 spiro atoms. The molecule has 8 nitrogen and oxygen atoms in total. The van der Waals surface area contributed by atoms with Gasteiger partial charge in [0.1, 0.15) is 19.3 Å². The monoisotopic (exact) mass is 662 g/mol. The van der Waals surface area contributed by atoms with Crippen molar-refractivity contribution in [1.29, 1.82) is 0 Å². The first kappa shape index (κ1) is 44.2. The molecule has 0 amide bonds. The highest BCUT2D eigenvalue weighted by Gasteiger charge is 2.20. The SMILES string of the molecule is CCCCCCCC/C=C\CCCCCCCCCC(=O)OC(COCCCCCCCC)COP(=O)([O-])OCC[N+](C)(C)C. The van der Waals surface area contributed by atoms with E-state index in [4.69, 9.17) is 18.5 Å². The summed E-state index contributed by atoms with van der Waals surface area (Å²) in [5.74, 6) is -0.341. The van der Waals surface area contributed by atoms with Gasteiger partial charge in [-0.15, -0.1) is 0 Å². The molecule has 0 aliphatic carbocycles. The minimum Gasteiger partial charge on any atom is -0.756 e. The first-order valence-electron chi connectivity index (χ1n) is 18.4. The van der Waals surface area contributed by atoms with Crippen LogP contribution < -0.4 is 4.89 Å². The summed E-state index contributed by atoms with van der Waals surface area (Å²) >= 11 is 0. The van der Waals surface area contributed by atoms with Gasteiger partial charge in [0.25, 0.3) is 7.82 Å². The smallest absolute Gasteiger partial charge is 0.306 e. The zero-order valence-corrected chi connectivity index (χ0v) is 31.0. The summed E-state index contributed by atoms with van der Waals surface area (Å²) in [5.41, 5.74) is 0. The van der Waals surface area contributed by atoms with Crippen LogP contribution in [-0.2, 0) is 27.9 Å². The van der Waals surface area contributed by atoms with Crippen molar-refractivity contribution in [1.82, 2.24) is 0 Å². The van der Waals surface area contributed by atoms with E-state index < -0.39 is 13.9 Å². The van der Waals surface area contributed by atoms with E-state index in [1.807, 2.05) is 21.1 Å². The molecule has 0 aromatic carbocycles. The molecular weight excluding hydrogens is 589 g/mol. The van der Waals surface area contributed by atoms with Crippen LogP contribution >= 0.6 is 7.82 Å². The van der Waals surface area contributed by atoms with Gasteiger partial charge in [0.2, 0.25) is 0 Å². The number of carbonyl (C=O) groups excluding carboxylic acids is 1. The van der Waals surface area contributed by atoms with Crippen molar-refractivity contribution in [3.63, 3.8) is 0 Å². The number of likely N-dealkylation sites (N-methyl/N-ethyl adjacent to an activating group) is 1. The van der Waals surface area contributed by atoms with Gasteiger partial charge >= 0.3 is 5.97 Å². The number of unbranched alkanes of at least 4 members (excludes halogenated alkanes) is 18. The maximum atomic E-state index is 12.5. The summed E-state index contributed by atoms with van der Waals surface area (Å²) in [6.45, 7) is 5.35. The molecule has 0 radical (unpaired) electrons. The van der Waals surface area contributed by atoms with E-state index in [0.29, 0.717) is 24.1 Å². The van der Waals surface area contributed by atoms with Crippen molar-refractivity contribution in [3.8, 4) is 0 Å². The normalized spacial score (nSPS) is 14.2. The third kappa shape index (κ3) is 34.4. The molecule has 2 unspecified atom stereocenters. The Morgan fingerprint density at radius 3 is 1.69 bits per heavy atom. The summed E-state index contributed by atoms with van der Waals surface area (Å²) in [5, 5.41) is 0. The number of rotatable bonds is 34. The van der Waals surface area contributed by atoms with E-state index in [1.54, 1.807) is 0 Å². The lowest BCUT2D eigenvalue weighted by molar-refractivity contribution is -0.870. The average Bonchev–Trinajstić information content (AvgIpc) is 2.98. The molecule has 0 rings (SSSR count). The number of allylic oxidation sites excluding steroid dienone is 2. The van der Waals surface area contributed by atoms with Crippen LogP contribution in [0.2, 0.25) is 0 Å². The van der Waals surface area contributed by atoms with Crippen LogP contribution in [0.3, 0.4) is 0 Å². The maximum Gasteiger partial charge on any atom is 0.306 e. The number of nitrogens with zero attached hydrogens (tertiary/aromatic N) is 1. The van der Waals surface area contributed by atoms with Crippen molar-refractivity contribution in [2.24, 2.45) is 0 Å². The molecule has 0 fully saturated rings. The van der Waals surface area contributed by atoms with Crippen LogP contribution in [-0.4, -0.2) is 70.7 Å². The fourth-order valence-electron chi connectivity index (χ4n) is 4.89. The summed E-state index contributed by atoms with van der Waals surface area (Å²) < 4.78 is 34.2. The Balaban J connectivity index is 4.18. The van der Waals surface area contributed by atoms with Crippen LogP contribution in [0.4, 0.5) is 0 Å². The number of quaternary nitrogens is 1. The molecule has 45 heavy (non-hydrogen) atoms. The van der Waals surface area contributed by atoms with Crippen molar-refractivity contribution < 1.29 is 37.3 Å². The van der Waals surface area contributed by atoms with Crippen molar-refractivity contribution in [2.45, 2.75) is 161 Å². The fraction of sp³-hybridized carbons (Fsp3) is 0.917. The lowest BCUT2D eigenvalue weighted by atomic mass is 10.1. The van der Waals surface area contributed by atoms with E-state index in [-0.39, 0.29) is 25.8 Å². The number of hydrogen-bond acceptors (Lipinski definition) is 7. The average molecular weight is 662 g/mol. The highest BCUT2D eigenvalue weighted by atomic mass is 31.2. The Bertz CT molecular complexity index is 741. The van der Waals surface area contributed by atoms with Gasteiger partial charge in [-0.1, -0.05) is 122 Å². The largest absolute Gasteiger partial charge is 0.756 e. The Labute approximate surface area is 278 Å². The molecule has 268 valence electrons. The summed E-state index contributed by atoms with van der Waals surface area (Å²) in [6, 6.07) is 0. The Morgan fingerprint density at radius 1 is 0.667 bits per heavy atom. The standard InChI is InChI=1S/C36H72NO7P/c1-6-8-10-12-14-15-16-17-18-19-20-21-22-23-24-25-27-29-36(38)44-35(33-41-31-28-26-13-11-9-7-2)34-43-45(39,40)42-32-30-37(3,4)5/h17-18,35H,6-16,19-34H2,1-5H3/b18-17-. The molecule has 0 saturated carbocycles. The molecule has 0 heterocycles. The molecule has 2 atom stereocenters. The predicted octanol–water partition coefficient (Wildman–Crippen LogP) is 9.30. The van der Waals surface area contributed by atoms with E-state index >= 15 is 0 Å². The molecule has 0 aromatic heterocycles. The number of esters is 1. The summed E-state index contributed by atoms with van der Waals surface area (Å²) in [7, 11) is 1.36. The quantitative estimate of drug-likeness (QED) is 0.0223. The van der Waals surface area contributed by atoms with E-state index in [0.717, 1.165) is 32.1 Å². The van der Waals surface area contributed by atoms with Gasteiger partial charge in [-0.25, -0.2) is 0 Å². The topological polar surface area (TPSA) is 94.1 Å². The molecule has 0 bridgehead atoms. The second-order valence-electron chi connectivity index (χ2n) is 13.6. The summed E-state index contributed by atoms with van der Waals surface area (Å²) in [4.78, 5) is 24.8. The van der Waals surface area contributed by atoms with Crippen molar-refractivity contribution >= 4 is 13.8 Å². The van der Waals surface area contributed by atoms with Crippen molar-refractivity contribution in [2.75, 3.05) is 54.1 Å². The van der Waals surface area contributed by atoms with E-state index in [9.17, 15) is 14.3 Å². The summed E-state index contributed by atoms with van der Waals surface area (Å²) in [6.07, 6.45) is 29.5. The van der Waals surface area contributed by atoms with Crippen LogP contribution in [0.5, 0.6) is 0 Å². The van der Waals surface area contributed by atoms with Crippen LogP contribution in [0, 0.1) is 0 Å². The van der Waals surface area contributed by atoms with Gasteiger partial charge in [-0.3, -0.25) is 9.36 Å². The Morgan fingerprint density at radius 2 is 1.16 bits per heavy atom. The third-order valence-electron chi connectivity index (χ3n) is 7.82. The Hall–Kier alpha value is -0.760. The number of phosphoric ester groups is 1. The van der Waals surface area contributed by atoms with Gasteiger partial charge in [0, 0.05) is 13.0 Å². The predicted molar refractivity (Wildman–Crippen MR) is 185 cm³/mol. The van der Waals surface area contributed by atoms with Crippen LogP contribution in [0.25, 0.3) is 0 Å². The molecule has 0 saturated heterocycles. The highest BCUT2D eigenvalue weighted by Crippen LogP contribution is 2.38. The number of hydrogen-bond donors (Lipinski definition) is 0. The first-order chi connectivity index (χ1) is 21.6. The minimum atomic E-state index is -4.50. The second-order valence-corrected chi connectivity index (χ2v) is 15.0. The lowest BCUT2D eigenvalue weighted by Crippen LogP contribution is -2.37. The number of carbonyl (C=O) groups is 1. The Kier molecular flexibility index (Phi) is 30.0. The molecule has 0 aromatic rings. The first-order valence-corrected chi connectivity index (χ1v) is 19.9. The molecule has 0 aliphatic heterocycles. The lowest BCUT2D eigenvalue weighted by Gasteiger charge is -2.28. The van der Waals surface area contributed by atoms with Gasteiger partial charge < -0.3 is 27.9 Å². The van der Waals surface area contributed by atoms with Crippen molar-refractivity contribution in [3.05, 3.63) is 12.2 Å².